The second kappa shape index (κ2) is 6.84. The summed E-state index contributed by atoms with van der Waals surface area (Å²) in [7, 11) is -1.64. The van der Waals surface area contributed by atoms with Gasteiger partial charge in [0, 0.05) is 0 Å². The van der Waals surface area contributed by atoms with E-state index in [1.54, 1.807) is 6.92 Å². The smallest absolute Gasteiger partial charge is 0.392 e. The van der Waals surface area contributed by atoms with Crippen molar-refractivity contribution < 1.29 is 14.2 Å². The average Bonchev–Trinajstić information content (AvgIpc) is 1.96. The predicted molar refractivity (Wildman–Crippen MR) is 52.5 cm³/mol. The fraction of sp³-hybridized carbons (Fsp3) is 1.00. The second-order valence-electron chi connectivity index (χ2n) is 3.06. The number of rotatable bonds is 6. The van der Waals surface area contributed by atoms with Gasteiger partial charge in [0.25, 0.3) is 0 Å². The van der Waals surface area contributed by atoms with Crippen LogP contribution in [0.4, 0.5) is 0 Å². The Morgan fingerprint density at radius 3 is 2.50 bits per heavy atom. The largest absolute Gasteiger partial charge is 0.585 e. The fourth-order valence-corrected chi connectivity index (χ4v) is 2.67. The molecule has 0 aliphatic rings. The van der Waals surface area contributed by atoms with Crippen molar-refractivity contribution in [3.05, 3.63) is 0 Å². The molecule has 0 aliphatic carbocycles. The Morgan fingerprint density at radius 2 is 2.08 bits per heavy atom. The number of aliphatic hydroxyl groups excluding tert-OH is 1. The van der Waals surface area contributed by atoms with E-state index in [9.17, 15) is 4.57 Å². The van der Waals surface area contributed by atoms with Crippen LogP contribution in [0.2, 0.25) is 0 Å². The molecule has 0 radical (unpaired) electrons. The highest BCUT2D eigenvalue weighted by Gasteiger charge is 2.21. The van der Waals surface area contributed by atoms with E-state index in [1.165, 1.54) is 0 Å². The minimum Gasteiger partial charge on any atom is -0.392 e. The molecule has 12 heavy (non-hydrogen) atoms. The van der Waals surface area contributed by atoms with Crippen molar-refractivity contribution in [3.63, 3.8) is 0 Å². The fourth-order valence-electron chi connectivity index (χ4n) is 0.416. The molecule has 0 spiro atoms. The van der Waals surface area contributed by atoms with Crippen LogP contribution in [0.15, 0.2) is 0 Å². The van der Waals surface area contributed by atoms with Crippen molar-refractivity contribution in [2.75, 3.05) is 12.4 Å². The molecule has 0 aromatic rings. The molecule has 0 bridgehead atoms. The molecule has 0 rings (SSSR count). The van der Waals surface area contributed by atoms with Gasteiger partial charge in [-0.1, -0.05) is 13.8 Å². The molecule has 3 nitrogen and oxygen atoms in total. The van der Waals surface area contributed by atoms with Crippen LogP contribution < -0.4 is 0 Å². The van der Waals surface area contributed by atoms with Gasteiger partial charge in [0.15, 0.2) is 11.4 Å². The van der Waals surface area contributed by atoms with E-state index >= 15 is 0 Å². The number of hydrogen-bond acceptors (Lipinski definition) is 4. The lowest BCUT2D eigenvalue weighted by molar-refractivity contribution is 0.220. The van der Waals surface area contributed by atoms with Crippen LogP contribution in [-0.2, 0) is 9.09 Å². The van der Waals surface area contributed by atoms with Gasteiger partial charge in [-0.25, -0.2) is 0 Å². The molecule has 0 aromatic carbocycles. The molecular weight excluding hydrogens is 195 g/mol. The Balaban J connectivity index is 3.34. The van der Waals surface area contributed by atoms with Crippen LogP contribution in [0.25, 0.3) is 0 Å². The maximum absolute atomic E-state index is 11.0. The molecule has 2 atom stereocenters. The summed E-state index contributed by atoms with van der Waals surface area (Å²) >= 11 is 1.16. The van der Waals surface area contributed by atoms with Gasteiger partial charge in [0.1, 0.15) is 6.61 Å². The Hall–Kier alpha value is 0.370. The predicted octanol–water partition coefficient (Wildman–Crippen LogP) is 2.43. The number of aliphatic hydroxyl groups is 1. The molecule has 0 heterocycles. The summed E-state index contributed by atoms with van der Waals surface area (Å²) in [6, 6.07) is 0. The zero-order chi connectivity index (χ0) is 9.56. The molecule has 0 fully saturated rings. The minimum absolute atomic E-state index is 0.399. The van der Waals surface area contributed by atoms with Crippen LogP contribution in [0.5, 0.6) is 0 Å². The van der Waals surface area contributed by atoms with Crippen LogP contribution in [0, 0.1) is 5.92 Å². The third-order valence-corrected chi connectivity index (χ3v) is 3.53. The Bertz CT molecular complexity index is 125. The first-order valence-electron chi connectivity index (χ1n) is 3.93. The lowest BCUT2D eigenvalue weighted by Gasteiger charge is -1.96. The molecule has 72 valence electrons. The molecular formula is C7H16O3PS+. The first-order valence-corrected chi connectivity index (χ1v) is 6.70. The Morgan fingerprint density at radius 1 is 1.50 bits per heavy atom. The summed E-state index contributed by atoms with van der Waals surface area (Å²) in [5, 5.41) is 8.87. The molecule has 0 amide bonds. The van der Waals surface area contributed by atoms with E-state index in [-0.39, 0.29) is 0 Å². The summed E-state index contributed by atoms with van der Waals surface area (Å²) in [5.74, 6) is 0.865. The molecule has 0 saturated carbocycles. The molecule has 0 saturated heterocycles. The van der Waals surface area contributed by atoms with Crippen molar-refractivity contribution in [2.24, 2.45) is 5.92 Å². The highest BCUT2D eigenvalue weighted by Crippen LogP contribution is 2.39. The maximum atomic E-state index is 11.0. The monoisotopic (exact) mass is 211 g/mol. The lowest BCUT2D eigenvalue weighted by Crippen LogP contribution is -2.01. The third-order valence-electron chi connectivity index (χ3n) is 0.934. The maximum Gasteiger partial charge on any atom is 0.585 e. The van der Waals surface area contributed by atoms with E-state index in [0.717, 1.165) is 11.4 Å². The molecule has 0 aliphatic heterocycles. The van der Waals surface area contributed by atoms with Gasteiger partial charge < -0.3 is 5.11 Å². The highest BCUT2D eigenvalue weighted by molar-refractivity contribution is 8.50. The van der Waals surface area contributed by atoms with E-state index in [1.807, 2.05) is 13.8 Å². The normalized spacial score (nSPS) is 14.9. The highest BCUT2D eigenvalue weighted by atomic mass is 32.7. The SMILES string of the molecule is CC(C)CO[P+](=O)SCC(C)O. The quantitative estimate of drug-likeness (QED) is 0.685. The van der Waals surface area contributed by atoms with Gasteiger partial charge in [-0.3, -0.25) is 0 Å². The van der Waals surface area contributed by atoms with Crippen molar-refractivity contribution in [1.82, 2.24) is 0 Å². The molecule has 5 heteroatoms. The van der Waals surface area contributed by atoms with Gasteiger partial charge >= 0.3 is 7.23 Å². The summed E-state index contributed by atoms with van der Waals surface area (Å²) in [4.78, 5) is 0. The average molecular weight is 211 g/mol. The molecule has 0 aromatic heterocycles. The molecule has 1 N–H and O–H groups in total. The van der Waals surface area contributed by atoms with Crippen molar-refractivity contribution in [1.29, 1.82) is 0 Å². The van der Waals surface area contributed by atoms with Gasteiger partial charge in [-0.05, 0) is 17.4 Å². The second-order valence-corrected chi connectivity index (χ2v) is 6.02. The van der Waals surface area contributed by atoms with Crippen LogP contribution in [-0.4, -0.2) is 23.6 Å². The summed E-state index contributed by atoms with van der Waals surface area (Å²) in [6.45, 7) is 6.19. The van der Waals surface area contributed by atoms with E-state index < -0.39 is 13.3 Å². The van der Waals surface area contributed by atoms with Crippen LogP contribution in [0.3, 0.4) is 0 Å². The van der Waals surface area contributed by atoms with E-state index in [4.69, 9.17) is 9.63 Å². The first-order chi connectivity index (χ1) is 5.52. The van der Waals surface area contributed by atoms with Gasteiger partial charge in [-0.2, -0.15) is 0 Å². The first kappa shape index (κ1) is 12.4. The summed E-state index contributed by atoms with van der Waals surface area (Å²) < 4.78 is 16.0. The Labute approximate surface area is 78.5 Å². The number of hydrogen-bond donors (Lipinski definition) is 1. The minimum atomic E-state index is -1.64. The standard InChI is InChI=1S/C7H16O3PS/c1-6(2)4-10-11(9)12-5-7(3)8/h6-8H,4-5H2,1-3H3/q+1. The Kier molecular flexibility index (Phi) is 7.05. The van der Waals surface area contributed by atoms with E-state index in [2.05, 4.69) is 0 Å². The zero-order valence-electron chi connectivity index (χ0n) is 7.69. The molecule has 2 unspecified atom stereocenters. The van der Waals surface area contributed by atoms with Crippen molar-refractivity contribution in [3.8, 4) is 0 Å². The van der Waals surface area contributed by atoms with Crippen molar-refractivity contribution in [2.45, 2.75) is 26.9 Å². The van der Waals surface area contributed by atoms with Crippen LogP contribution >= 0.6 is 18.6 Å². The third kappa shape index (κ3) is 8.47. The summed E-state index contributed by atoms with van der Waals surface area (Å²) in [6.07, 6.45) is -0.420. The topological polar surface area (TPSA) is 46.5 Å². The van der Waals surface area contributed by atoms with E-state index in [0.29, 0.717) is 18.3 Å². The van der Waals surface area contributed by atoms with Crippen molar-refractivity contribution >= 4 is 18.6 Å². The lowest BCUT2D eigenvalue weighted by atomic mass is 10.2. The van der Waals surface area contributed by atoms with Gasteiger partial charge in [0.2, 0.25) is 0 Å². The van der Waals surface area contributed by atoms with Gasteiger partial charge in [0.05, 0.1) is 11.9 Å². The van der Waals surface area contributed by atoms with Gasteiger partial charge in [-0.15, -0.1) is 4.52 Å². The summed E-state index contributed by atoms with van der Waals surface area (Å²) in [5.41, 5.74) is 0. The zero-order valence-corrected chi connectivity index (χ0v) is 9.40. The van der Waals surface area contributed by atoms with Crippen LogP contribution in [0.1, 0.15) is 20.8 Å².